The van der Waals surface area contributed by atoms with Gasteiger partial charge in [0.15, 0.2) is 5.96 Å². The number of guanidine groups is 1. The quantitative estimate of drug-likeness (QED) is 0.421. The summed E-state index contributed by atoms with van der Waals surface area (Å²) in [5, 5.41) is 11.2. The number of hydrogen-bond donors (Lipinski definition) is 2. The SMILES string of the molecule is c1coc(CCNC(=NCc2ccccc2Cn2cccn2)NCC2CCCO2)c1. The van der Waals surface area contributed by atoms with Crippen molar-refractivity contribution in [2.24, 2.45) is 4.99 Å². The van der Waals surface area contributed by atoms with E-state index in [1.807, 2.05) is 29.1 Å². The molecule has 1 atom stereocenters. The van der Waals surface area contributed by atoms with E-state index in [0.29, 0.717) is 6.54 Å². The van der Waals surface area contributed by atoms with E-state index < -0.39 is 0 Å². The Labute approximate surface area is 177 Å². The third-order valence-corrected chi connectivity index (χ3v) is 5.18. The number of nitrogens with zero attached hydrogens (tertiary/aromatic N) is 3. The molecular weight excluding hydrogens is 378 g/mol. The fourth-order valence-electron chi connectivity index (χ4n) is 3.55. The highest BCUT2D eigenvalue weighted by atomic mass is 16.5. The summed E-state index contributed by atoms with van der Waals surface area (Å²) in [6.45, 7) is 3.70. The van der Waals surface area contributed by atoms with Gasteiger partial charge in [-0.1, -0.05) is 24.3 Å². The van der Waals surface area contributed by atoms with Crippen molar-refractivity contribution in [3.8, 4) is 0 Å². The fourth-order valence-corrected chi connectivity index (χ4v) is 3.55. The summed E-state index contributed by atoms with van der Waals surface area (Å²) in [4.78, 5) is 4.84. The molecule has 0 aliphatic carbocycles. The Morgan fingerprint density at radius 2 is 2.07 bits per heavy atom. The Kier molecular flexibility index (Phi) is 7.17. The predicted molar refractivity (Wildman–Crippen MR) is 116 cm³/mol. The molecule has 3 heterocycles. The maximum atomic E-state index is 5.74. The minimum Gasteiger partial charge on any atom is -0.469 e. The predicted octanol–water partition coefficient (Wildman–Crippen LogP) is 2.98. The molecule has 1 unspecified atom stereocenters. The number of ether oxygens (including phenoxy) is 1. The monoisotopic (exact) mass is 407 g/mol. The second-order valence-corrected chi connectivity index (χ2v) is 7.41. The van der Waals surface area contributed by atoms with Crippen LogP contribution in [-0.4, -0.2) is 41.5 Å². The molecule has 0 amide bonds. The van der Waals surface area contributed by atoms with Crippen LogP contribution in [0.15, 0.2) is 70.5 Å². The van der Waals surface area contributed by atoms with Crippen LogP contribution in [0.5, 0.6) is 0 Å². The second kappa shape index (κ2) is 10.6. The summed E-state index contributed by atoms with van der Waals surface area (Å²) in [5.41, 5.74) is 2.41. The summed E-state index contributed by atoms with van der Waals surface area (Å²) >= 11 is 0. The molecule has 0 bridgehead atoms. The Morgan fingerprint density at radius 1 is 1.13 bits per heavy atom. The lowest BCUT2D eigenvalue weighted by Crippen LogP contribution is -2.41. The normalized spacial score (nSPS) is 16.7. The number of aliphatic imine (C=N–C) groups is 1. The lowest BCUT2D eigenvalue weighted by molar-refractivity contribution is 0.114. The van der Waals surface area contributed by atoms with Gasteiger partial charge in [-0.3, -0.25) is 4.68 Å². The van der Waals surface area contributed by atoms with Crippen LogP contribution in [0.3, 0.4) is 0 Å². The number of rotatable bonds is 9. The van der Waals surface area contributed by atoms with Gasteiger partial charge in [0, 0.05) is 38.5 Å². The van der Waals surface area contributed by atoms with Gasteiger partial charge in [-0.15, -0.1) is 0 Å². The summed E-state index contributed by atoms with van der Waals surface area (Å²) in [6.07, 6.45) is 8.78. The molecule has 7 nitrogen and oxygen atoms in total. The lowest BCUT2D eigenvalue weighted by atomic mass is 10.1. The molecule has 30 heavy (non-hydrogen) atoms. The summed E-state index contributed by atoms with van der Waals surface area (Å²) < 4.78 is 13.1. The lowest BCUT2D eigenvalue weighted by Gasteiger charge is -2.16. The van der Waals surface area contributed by atoms with Crippen molar-refractivity contribution in [2.75, 3.05) is 19.7 Å². The minimum atomic E-state index is 0.258. The van der Waals surface area contributed by atoms with Crippen molar-refractivity contribution in [1.29, 1.82) is 0 Å². The van der Waals surface area contributed by atoms with E-state index >= 15 is 0 Å². The highest BCUT2D eigenvalue weighted by Gasteiger charge is 2.15. The molecule has 0 radical (unpaired) electrons. The molecule has 1 fully saturated rings. The highest BCUT2D eigenvalue weighted by molar-refractivity contribution is 5.79. The van der Waals surface area contributed by atoms with Gasteiger partial charge in [-0.2, -0.15) is 5.10 Å². The zero-order valence-electron chi connectivity index (χ0n) is 17.2. The molecule has 4 rings (SSSR count). The first-order chi connectivity index (χ1) is 14.9. The first-order valence-corrected chi connectivity index (χ1v) is 10.6. The average molecular weight is 408 g/mol. The van der Waals surface area contributed by atoms with Crippen LogP contribution in [-0.2, 0) is 24.2 Å². The van der Waals surface area contributed by atoms with E-state index in [1.165, 1.54) is 11.1 Å². The molecule has 158 valence electrons. The summed E-state index contributed by atoms with van der Waals surface area (Å²) in [5.74, 6) is 1.76. The van der Waals surface area contributed by atoms with Gasteiger partial charge in [-0.25, -0.2) is 4.99 Å². The van der Waals surface area contributed by atoms with Crippen molar-refractivity contribution in [3.05, 3.63) is 78.0 Å². The van der Waals surface area contributed by atoms with Crippen LogP contribution in [0.25, 0.3) is 0 Å². The Bertz CT molecular complexity index is 900. The van der Waals surface area contributed by atoms with E-state index in [0.717, 1.165) is 57.2 Å². The van der Waals surface area contributed by atoms with E-state index in [2.05, 4.69) is 40.0 Å². The van der Waals surface area contributed by atoms with Crippen LogP contribution >= 0.6 is 0 Å². The van der Waals surface area contributed by atoms with Crippen LogP contribution < -0.4 is 10.6 Å². The van der Waals surface area contributed by atoms with Crippen molar-refractivity contribution in [2.45, 2.75) is 38.5 Å². The third kappa shape index (κ3) is 5.97. The standard InChI is InChI=1S/C23H29N5O2/c1-2-7-20(18-28-13-5-11-27-28)19(6-1)16-25-23(26-17-22-9-4-15-30-22)24-12-10-21-8-3-14-29-21/h1-3,5-8,11,13-14,22H,4,9-10,12,15-18H2,(H2,24,25,26). The van der Waals surface area contributed by atoms with Gasteiger partial charge in [0.05, 0.1) is 25.5 Å². The largest absolute Gasteiger partial charge is 0.469 e. The molecule has 0 spiro atoms. The molecule has 3 aromatic rings. The highest BCUT2D eigenvalue weighted by Crippen LogP contribution is 2.12. The second-order valence-electron chi connectivity index (χ2n) is 7.41. The molecule has 2 aromatic heterocycles. The molecule has 1 aliphatic rings. The van der Waals surface area contributed by atoms with Crippen LogP contribution in [0, 0.1) is 0 Å². The Balaban J connectivity index is 1.39. The number of hydrogen-bond acceptors (Lipinski definition) is 4. The summed E-state index contributed by atoms with van der Waals surface area (Å²) in [6, 6.07) is 14.2. The van der Waals surface area contributed by atoms with Gasteiger partial charge in [0.1, 0.15) is 5.76 Å². The van der Waals surface area contributed by atoms with Crippen molar-refractivity contribution in [1.82, 2.24) is 20.4 Å². The molecule has 1 aliphatic heterocycles. The van der Waals surface area contributed by atoms with Crippen LogP contribution in [0.4, 0.5) is 0 Å². The van der Waals surface area contributed by atoms with E-state index in [-0.39, 0.29) is 6.10 Å². The molecular formula is C23H29N5O2. The van der Waals surface area contributed by atoms with Crippen molar-refractivity contribution < 1.29 is 9.15 Å². The molecule has 1 saturated heterocycles. The molecule has 2 N–H and O–H groups in total. The molecule has 1 aromatic carbocycles. The topological polar surface area (TPSA) is 76.6 Å². The number of furan rings is 1. The maximum Gasteiger partial charge on any atom is 0.191 e. The van der Waals surface area contributed by atoms with Gasteiger partial charge < -0.3 is 19.8 Å². The average Bonchev–Trinajstić information content (AvgIpc) is 3.55. The Hall–Kier alpha value is -3.06. The van der Waals surface area contributed by atoms with Crippen LogP contribution in [0.1, 0.15) is 29.7 Å². The zero-order chi connectivity index (χ0) is 20.4. The maximum absolute atomic E-state index is 5.74. The smallest absolute Gasteiger partial charge is 0.191 e. The van der Waals surface area contributed by atoms with E-state index in [1.54, 1.807) is 12.5 Å². The zero-order valence-corrected chi connectivity index (χ0v) is 17.2. The van der Waals surface area contributed by atoms with E-state index in [9.17, 15) is 0 Å². The van der Waals surface area contributed by atoms with Gasteiger partial charge in [0.2, 0.25) is 0 Å². The van der Waals surface area contributed by atoms with Crippen LogP contribution in [0.2, 0.25) is 0 Å². The van der Waals surface area contributed by atoms with Gasteiger partial charge in [0.25, 0.3) is 0 Å². The number of benzene rings is 1. The minimum absolute atomic E-state index is 0.258. The fraction of sp³-hybridized carbons (Fsp3) is 0.391. The molecule has 7 heteroatoms. The van der Waals surface area contributed by atoms with Gasteiger partial charge >= 0.3 is 0 Å². The molecule has 0 saturated carbocycles. The number of nitrogens with one attached hydrogen (secondary N) is 2. The first kappa shape index (κ1) is 20.2. The van der Waals surface area contributed by atoms with Gasteiger partial charge in [-0.05, 0) is 42.2 Å². The summed E-state index contributed by atoms with van der Waals surface area (Å²) in [7, 11) is 0. The van der Waals surface area contributed by atoms with Crippen molar-refractivity contribution in [3.63, 3.8) is 0 Å². The van der Waals surface area contributed by atoms with Crippen molar-refractivity contribution >= 4 is 5.96 Å². The first-order valence-electron chi connectivity index (χ1n) is 10.6. The van der Waals surface area contributed by atoms with E-state index in [4.69, 9.17) is 14.1 Å². The Morgan fingerprint density at radius 3 is 2.83 bits per heavy atom. The number of aromatic nitrogens is 2. The third-order valence-electron chi connectivity index (χ3n) is 5.18.